The molecule has 34 heavy (non-hydrogen) atoms. The zero-order chi connectivity index (χ0) is 23.3. The number of para-hydroxylation sites is 1. The fraction of sp³-hybridized carbons (Fsp3) is 0.0714. The Hall–Kier alpha value is -4.16. The SMILES string of the molecule is COc1ccc2nc(N(Cc3ccccc3)C(=O)c3ccc(Oc4ccccc4)cc3)sc2c1. The Labute approximate surface area is 201 Å². The number of amides is 1. The summed E-state index contributed by atoms with van der Waals surface area (Å²) in [5, 5.41) is 0.640. The molecule has 0 radical (unpaired) electrons. The molecule has 4 aromatic carbocycles. The molecule has 0 spiro atoms. The van der Waals surface area contributed by atoms with Gasteiger partial charge in [-0.25, -0.2) is 4.98 Å². The normalized spacial score (nSPS) is 10.7. The monoisotopic (exact) mass is 466 g/mol. The molecule has 6 heteroatoms. The number of aromatic nitrogens is 1. The van der Waals surface area contributed by atoms with Crippen LogP contribution >= 0.6 is 11.3 Å². The molecular formula is C28H22N2O3S. The summed E-state index contributed by atoms with van der Waals surface area (Å²) in [5.41, 5.74) is 2.42. The minimum absolute atomic E-state index is 0.124. The lowest BCUT2D eigenvalue weighted by Gasteiger charge is -2.20. The van der Waals surface area contributed by atoms with Gasteiger partial charge in [-0.2, -0.15) is 0 Å². The van der Waals surface area contributed by atoms with Gasteiger partial charge in [0.15, 0.2) is 5.13 Å². The highest BCUT2D eigenvalue weighted by molar-refractivity contribution is 7.22. The predicted octanol–water partition coefficient (Wildman–Crippen LogP) is 6.94. The van der Waals surface area contributed by atoms with Crippen LogP contribution in [0.5, 0.6) is 17.2 Å². The van der Waals surface area contributed by atoms with Gasteiger partial charge in [0.25, 0.3) is 5.91 Å². The number of hydrogen-bond acceptors (Lipinski definition) is 5. The van der Waals surface area contributed by atoms with Crippen molar-refractivity contribution >= 4 is 32.6 Å². The molecule has 0 saturated carbocycles. The van der Waals surface area contributed by atoms with Crippen LogP contribution in [0.3, 0.4) is 0 Å². The van der Waals surface area contributed by atoms with Gasteiger partial charge in [0, 0.05) is 5.56 Å². The number of thiazole rings is 1. The third-order valence-corrected chi connectivity index (χ3v) is 6.37. The Morgan fingerprint density at radius 3 is 2.18 bits per heavy atom. The highest BCUT2D eigenvalue weighted by atomic mass is 32.1. The minimum atomic E-state index is -0.124. The van der Waals surface area contributed by atoms with Crippen LogP contribution in [0, 0.1) is 0 Å². The molecule has 168 valence electrons. The van der Waals surface area contributed by atoms with Crippen molar-refractivity contribution in [1.82, 2.24) is 4.98 Å². The van der Waals surface area contributed by atoms with Gasteiger partial charge in [-0.1, -0.05) is 59.9 Å². The average molecular weight is 467 g/mol. The van der Waals surface area contributed by atoms with Crippen molar-refractivity contribution in [3.63, 3.8) is 0 Å². The number of methoxy groups -OCH3 is 1. The first-order chi connectivity index (χ1) is 16.7. The van der Waals surface area contributed by atoms with Gasteiger partial charge in [0.2, 0.25) is 0 Å². The highest BCUT2D eigenvalue weighted by Crippen LogP contribution is 2.33. The lowest BCUT2D eigenvalue weighted by molar-refractivity contribution is 0.0985. The minimum Gasteiger partial charge on any atom is -0.497 e. The number of nitrogens with zero attached hydrogens (tertiary/aromatic N) is 2. The third-order valence-electron chi connectivity index (χ3n) is 5.32. The van der Waals surface area contributed by atoms with E-state index in [2.05, 4.69) is 0 Å². The van der Waals surface area contributed by atoms with Gasteiger partial charge < -0.3 is 9.47 Å². The van der Waals surface area contributed by atoms with Gasteiger partial charge in [-0.05, 0) is 60.2 Å². The van der Waals surface area contributed by atoms with Crippen LogP contribution in [-0.2, 0) is 6.54 Å². The second-order valence-electron chi connectivity index (χ2n) is 7.65. The number of hydrogen-bond donors (Lipinski definition) is 0. The Morgan fingerprint density at radius 1 is 0.824 bits per heavy atom. The largest absolute Gasteiger partial charge is 0.497 e. The van der Waals surface area contributed by atoms with Crippen LogP contribution < -0.4 is 14.4 Å². The molecule has 0 saturated heterocycles. The van der Waals surface area contributed by atoms with Crippen molar-refractivity contribution in [3.8, 4) is 17.2 Å². The highest BCUT2D eigenvalue weighted by Gasteiger charge is 2.22. The number of carbonyl (C=O) groups excluding carboxylic acids is 1. The Balaban J connectivity index is 1.45. The van der Waals surface area contributed by atoms with E-state index in [0.29, 0.717) is 23.0 Å². The van der Waals surface area contributed by atoms with Gasteiger partial charge in [-0.15, -0.1) is 0 Å². The third kappa shape index (κ3) is 4.77. The van der Waals surface area contributed by atoms with Crippen LogP contribution in [-0.4, -0.2) is 18.0 Å². The van der Waals surface area contributed by atoms with E-state index in [1.165, 1.54) is 11.3 Å². The van der Waals surface area contributed by atoms with E-state index in [0.717, 1.165) is 27.3 Å². The molecule has 1 aromatic heterocycles. The lowest BCUT2D eigenvalue weighted by atomic mass is 10.1. The summed E-state index contributed by atoms with van der Waals surface area (Å²) in [6.45, 7) is 0.416. The molecule has 0 bridgehead atoms. The summed E-state index contributed by atoms with van der Waals surface area (Å²) < 4.78 is 12.2. The molecule has 0 aliphatic carbocycles. The predicted molar refractivity (Wildman–Crippen MR) is 136 cm³/mol. The van der Waals surface area contributed by atoms with Crippen LogP contribution in [0.25, 0.3) is 10.2 Å². The van der Waals surface area contributed by atoms with Crippen molar-refractivity contribution in [3.05, 3.63) is 114 Å². The molecule has 5 aromatic rings. The van der Waals surface area contributed by atoms with E-state index in [4.69, 9.17) is 14.5 Å². The molecule has 0 fully saturated rings. The second-order valence-corrected chi connectivity index (χ2v) is 8.66. The van der Waals surface area contributed by atoms with Crippen LogP contribution in [0.2, 0.25) is 0 Å². The molecule has 1 amide bonds. The summed E-state index contributed by atoms with van der Waals surface area (Å²) in [4.78, 5) is 20.1. The molecule has 0 N–H and O–H groups in total. The molecule has 0 aliphatic heterocycles. The number of ether oxygens (including phenoxy) is 2. The first kappa shape index (κ1) is 21.7. The first-order valence-electron chi connectivity index (χ1n) is 10.8. The molecular weight excluding hydrogens is 444 g/mol. The summed E-state index contributed by atoms with van der Waals surface area (Å²) in [7, 11) is 1.64. The molecule has 1 heterocycles. The van der Waals surface area contributed by atoms with Gasteiger partial charge in [0.1, 0.15) is 17.2 Å². The van der Waals surface area contributed by atoms with Crippen LogP contribution in [0.15, 0.2) is 103 Å². The average Bonchev–Trinajstić information content (AvgIpc) is 3.31. The smallest absolute Gasteiger partial charge is 0.260 e. The van der Waals surface area contributed by atoms with E-state index in [1.807, 2.05) is 91.0 Å². The standard InChI is InChI=1S/C28H22N2O3S/c1-32-24-16-17-25-26(18-24)34-28(29-25)30(19-20-8-4-2-5-9-20)27(31)21-12-14-23(15-13-21)33-22-10-6-3-7-11-22/h2-18H,19H2,1H3. The summed E-state index contributed by atoms with van der Waals surface area (Å²) in [6.07, 6.45) is 0. The van der Waals surface area contributed by atoms with E-state index >= 15 is 0 Å². The topological polar surface area (TPSA) is 51.7 Å². The summed E-state index contributed by atoms with van der Waals surface area (Å²) in [5.74, 6) is 2.06. The van der Waals surface area contributed by atoms with Crippen molar-refractivity contribution < 1.29 is 14.3 Å². The lowest BCUT2D eigenvalue weighted by Crippen LogP contribution is -2.30. The van der Waals surface area contributed by atoms with Crippen molar-refractivity contribution in [1.29, 1.82) is 0 Å². The summed E-state index contributed by atoms with van der Waals surface area (Å²) >= 11 is 1.47. The number of anilines is 1. The van der Waals surface area contributed by atoms with Gasteiger partial charge in [-0.3, -0.25) is 9.69 Å². The second kappa shape index (κ2) is 9.77. The van der Waals surface area contributed by atoms with E-state index in [1.54, 1.807) is 24.1 Å². The van der Waals surface area contributed by atoms with Crippen LogP contribution in [0.4, 0.5) is 5.13 Å². The Kier molecular flexibility index (Phi) is 6.23. The van der Waals surface area contributed by atoms with Crippen molar-refractivity contribution in [2.75, 3.05) is 12.0 Å². The molecule has 0 aliphatic rings. The quantitative estimate of drug-likeness (QED) is 0.261. The fourth-order valence-electron chi connectivity index (χ4n) is 3.57. The maximum absolute atomic E-state index is 13.6. The van der Waals surface area contributed by atoms with Crippen molar-refractivity contribution in [2.24, 2.45) is 0 Å². The summed E-state index contributed by atoms with van der Waals surface area (Å²) in [6, 6.07) is 32.4. The first-order valence-corrected chi connectivity index (χ1v) is 11.6. The zero-order valence-corrected chi connectivity index (χ0v) is 19.4. The number of fused-ring (bicyclic) bond motifs is 1. The fourth-order valence-corrected chi connectivity index (χ4v) is 4.57. The molecule has 5 nitrogen and oxygen atoms in total. The zero-order valence-electron chi connectivity index (χ0n) is 18.5. The van der Waals surface area contributed by atoms with E-state index < -0.39 is 0 Å². The molecule has 0 atom stereocenters. The number of carbonyl (C=O) groups is 1. The van der Waals surface area contributed by atoms with E-state index in [9.17, 15) is 4.79 Å². The maximum atomic E-state index is 13.6. The number of rotatable bonds is 7. The maximum Gasteiger partial charge on any atom is 0.260 e. The van der Waals surface area contributed by atoms with Gasteiger partial charge in [0.05, 0.1) is 23.9 Å². The Morgan fingerprint density at radius 2 is 1.47 bits per heavy atom. The van der Waals surface area contributed by atoms with Gasteiger partial charge >= 0.3 is 0 Å². The molecule has 0 unspecified atom stereocenters. The Bertz CT molecular complexity index is 1400. The van der Waals surface area contributed by atoms with Crippen molar-refractivity contribution in [2.45, 2.75) is 6.54 Å². The van der Waals surface area contributed by atoms with E-state index in [-0.39, 0.29) is 5.91 Å². The molecule has 5 rings (SSSR count). The van der Waals surface area contributed by atoms with Crippen LogP contribution in [0.1, 0.15) is 15.9 Å². The number of benzene rings is 4.